The zero-order valence-corrected chi connectivity index (χ0v) is 12.6. The fourth-order valence-corrected chi connectivity index (χ4v) is 2.49. The lowest BCUT2D eigenvalue weighted by atomic mass is 10.2. The fourth-order valence-electron chi connectivity index (χ4n) is 2.23. The molecule has 20 heavy (non-hydrogen) atoms. The number of aryl methyl sites for hydroxylation is 1. The van der Waals surface area contributed by atoms with E-state index in [1.807, 2.05) is 77.0 Å². The van der Waals surface area contributed by atoms with Crippen LogP contribution in [0.15, 0.2) is 53.0 Å². The van der Waals surface area contributed by atoms with Crippen LogP contribution in [0, 0.1) is 5.41 Å². The quantitative estimate of drug-likeness (QED) is 0.741. The molecule has 3 aromatic rings. The zero-order valence-electron chi connectivity index (χ0n) is 11.0. The molecule has 3 nitrogen and oxygen atoms in total. The summed E-state index contributed by atoms with van der Waals surface area (Å²) < 4.78 is 4.83. The van der Waals surface area contributed by atoms with Crippen LogP contribution in [0.4, 0.5) is 0 Å². The average molecular weight is 328 g/mol. The van der Waals surface area contributed by atoms with Crippen molar-refractivity contribution >= 4 is 39.2 Å². The van der Waals surface area contributed by atoms with Crippen molar-refractivity contribution in [2.24, 2.45) is 7.05 Å². The van der Waals surface area contributed by atoms with E-state index >= 15 is 0 Å². The summed E-state index contributed by atoms with van der Waals surface area (Å²) in [4.78, 5) is 0. The smallest absolute Gasteiger partial charge is 0.206 e. The molecular weight excluding hydrogens is 314 g/mol. The van der Waals surface area contributed by atoms with Gasteiger partial charge in [0.15, 0.2) is 0 Å². The number of rotatable bonds is 2. The van der Waals surface area contributed by atoms with Crippen LogP contribution in [0.3, 0.4) is 0 Å². The Balaban J connectivity index is 2.09. The van der Waals surface area contributed by atoms with Crippen molar-refractivity contribution in [2.75, 3.05) is 0 Å². The van der Waals surface area contributed by atoms with Crippen LogP contribution in [0.25, 0.3) is 23.3 Å². The number of imidazole rings is 1. The van der Waals surface area contributed by atoms with Gasteiger partial charge in [-0.25, -0.2) is 0 Å². The first-order valence-corrected chi connectivity index (χ1v) is 7.10. The second-order valence-electron chi connectivity index (χ2n) is 4.61. The monoisotopic (exact) mass is 327 g/mol. The van der Waals surface area contributed by atoms with E-state index in [2.05, 4.69) is 15.9 Å². The fraction of sp³-hybridized carbons (Fsp3) is 0.0625. The van der Waals surface area contributed by atoms with Crippen LogP contribution in [0.1, 0.15) is 5.56 Å². The molecule has 3 rings (SSSR count). The summed E-state index contributed by atoms with van der Waals surface area (Å²) in [6.45, 7) is 0. The molecule has 0 radical (unpaired) electrons. The Kier molecular flexibility index (Phi) is 3.32. The van der Waals surface area contributed by atoms with Crippen molar-refractivity contribution in [3.8, 4) is 0 Å². The summed E-state index contributed by atoms with van der Waals surface area (Å²) in [5.41, 5.74) is 3.65. The maximum atomic E-state index is 8.19. The third kappa shape index (κ3) is 2.23. The number of para-hydroxylation sites is 2. The molecule has 1 N–H and O–H groups in total. The van der Waals surface area contributed by atoms with E-state index in [1.165, 1.54) is 0 Å². The predicted octanol–water partition coefficient (Wildman–Crippen LogP) is 3.85. The Morgan fingerprint density at radius 3 is 2.35 bits per heavy atom. The Morgan fingerprint density at radius 2 is 1.65 bits per heavy atom. The minimum absolute atomic E-state index is 0.458. The molecule has 0 spiro atoms. The average Bonchev–Trinajstić information content (AvgIpc) is 2.71. The predicted molar refractivity (Wildman–Crippen MR) is 86.1 cm³/mol. The summed E-state index contributed by atoms with van der Waals surface area (Å²) in [5.74, 6) is 0. The lowest BCUT2D eigenvalue weighted by molar-refractivity contribution is 0.803. The first-order chi connectivity index (χ1) is 9.66. The third-order valence-electron chi connectivity index (χ3n) is 3.33. The van der Waals surface area contributed by atoms with E-state index in [4.69, 9.17) is 5.41 Å². The van der Waals surface area contributed by atoms with Crippen molar-refractivity contribution < 1.29 is 0 Å². The molecule has 100 valence electrons. The van der Waals surface area contributed by atoms with Crippen LogP contribution >= 0.6 is 15.9 Å². The van der Waals surface area contributed by atoms with Gasteiger partial charge in [0.1, 0.15) is 0 Å². The molecule has 0 atom stereocenters. The number of hydrogen-bond donors (Lipinski definition) is 1. The van der Waals surface area contributed by atoms with E-state index in [0.29, 0.717) is 5.62 Å². The van der Waals surface area contributed by atoms with E-state index in [9.17, 15) is 0 Å². The first kappa shape index (κ1) is 12.9. The maximum absolute atomic E-state index is 8.19. The topological polar surface area (TPSA) is 33.7 Å². The molecule has 0 amide bonds. The molecule has 0 saturated carbocycles. The molecule has 0 aliphatic heterocycles. The number of halogens is 1. The molecule has 0 fully saturated rings. The lowest BCUT2D eigenvalue weighted by Crippen LogP contribution is -2.18. The third-order valence-corrected chi connectivity index (χ3v) is 3.86. The Morgan fingerprint density at radius 1 is 1.00 bits per heavy atom. The van der Waals surface area contributed by atoms with E-state index in [0.717, 1.165) is 21.1 Å². The molecule has 2 aromatic carbocycles. The van der Waals surface area contributed by atoms with Crippen LogP contribution < -0.4 is 5.62 Å². The van der Waals surface area contributed by atoms with Gasteiger partial charge in [0, 0.05) is 17.7 Å². The molecule has 0 bridgehead atoms. The SMILES string of the molecule is Cn1c(=N)n(C=Cc2ccc(Br)cc2)c2ccccc21. The van der Waals surface area contributed by atoms with Gasteiger partial charge in [-0.05, 0) is 35.9 Å². The molecule has 4 heteroatoms. The van der Waals surface area contributed by atoms with Gasteiger partial charge in [-0.3, -0.25) is 9.98 Å². The standard InChI is InChI=1S/C16H14BrN3/c1-19-14-4-2-3-5-15(14)20(16(19)18)11-10-12-6-8-13(17)9-7-12/h2-11,18H,1H3. The minimum Gasteiger partial charge on any atom is -0.313 e. The summed E-state index contributed by atoms with van der Waals surface area (Å²) in [6.07, 6.45) is 3.95. The highest BCUT2D eigenvalue weighted by molar-refractivity contribution is 9.10. The normalized spacial score (nSPS) is 11.5. The van der Waals surface area contributed by atoms with Crippen LogP contribution in [-0.4, -0.2) is 9.13 Å². The number of nitrogens with one attached hydrogen (secondary N) is 1. The number of fused-ring (bicyclic) bond motifs is 1. The van der Waals surface area contributed by atoms with E-state index in [-0.39, 0.29) is 0 Å². The second-order valence-corrected chi connectivity index (χ2v) is 5.52. The second kappa shape index (κ2) is 5.13. The Labute approximate surface area is 125 Å². The van der Waals surface area contributed by atoms with Gasteiger partial charge in [0.05, 0.1) is 11.0 Å². The zero-order chi connectivity index (χ0) is 14.1. The molecule has 0 saturated heterocycles. The highest BCUT2D eigenvalue weighted by atomic mass is 79.9. The molecule has 1 aromatic heterocycles. The summed E-state index contributed by atoms with van der Waals surface area (Å²) >= 11 is 3.43. The van der Waals surface area contributed by atoms with Gasteiger partial charge >= 0.3 is 0 Å². The molecule has 1 heterocycles. The minimum atomic E-state index is 0.458. The van der Waals surface area contributed by atoms with Crippen LogP contribution in [0.2, 0.25) is 0 Å². The van der Waals surface area contributed by atoms with E-state index in [1.54, 1.807) is 0 Å². The van der Waals surface area contributed by atoms with Crippen LogP contribution in [-0.2, 0) is 7.05 Å². The van der Waals surface area contributed by atoms with Gasteiger partial charge in [-0.15, -0.1) is 0 Å². The Bertz CT molecular complexity index is 838. The summed E-state index contributed by atoms with van der Waals surface area (Å²) in [5, 5.41) is 8.19. The van der Waals surface area contributed by atoms with Crippen molar-refractivity contribution in [2.45, 2.75) is 0 Å². The van der Waals surface area contributed by atoms with Gasteiger partial charge < -0.3 is 4.57 Å². The largest absolute Gasteiger partial charge is 0.313 e. The van der Waals surface area contributed by atoms with Gasteiger partial charge in [-0.2, -0.15) is 0 Å². The highest BCUT2D eigenvalue weighted by Gasteiger charge is 2.04. The van der Waals surface area contributed by atoms with Gasteiger partial charge in [0.2, 0.25) is 5.62 Å². The molecule has 0 unspecified atom stereocenters. The van der Waals surface area contributed by atoms with Crippen molar-refractivity contribution in [1.82, 2.24) is 9.13 Å². The van der Waals surface area contributed by atoms with E-state index < -0.39 is 0 Å². The van der Waals surface area contributed by atoms with Crippen molar-refractivity contribution in [1.29, 1.82) is 5.41 Å². The molecule has 0 aliphatic carbocycles. The number of aromatic nitrogens is 2. The van der Waals surface area contributed by atoms with Crippen LogP contribution in [0.5, 0.6) is 0 Å². The van der Waals surface area contributed by atoms with Crippen molar-refractivity contribution in [3.05, 3.63) is 64.2 Å². The summed E-state index contributed by atoms with van der Waals surface area (Å²) in [7, 11) is 1.91. The highest BCUT2D eigenvalue weighted by Crippen LogP contribution is 2.14. The number of benzene rings is 2. The molecular formula is C16H14BrN3. The lowest BCUT2D eigenvalue weighted by Gasteiger charge is -1.97. The first-order valence-electron chi connectivity index (χ1n) is 6.31. The van der Waals surface area contributed by atoms with Crippen molar-refractivity contribution in [3.63, 3.8) is 0 Å². The summed E-state index contributed by atoms with van der Waals surface area (Å²) in [6, 6.07) is 16.1. The number of hydrogen-bond acceptors (Lipinski definition) is 1. The maximum Gasteiger partial charge on any atom is 0.206 e. The van der Waals surface area contributed by atoms with Gasteiger partial charge in [-0.1, -0.05) is 40.2 Å². The van der Waals surface area contributed by atoms with Gasteiger partial charge in [0.25, 0.3) is 0 Å². The number of nitrogens with zero attached hydrogens (tertiary/aromatic N) is 2. The molecule has 0 aliphatic rings. The Hall–Kier alpha value is -2.07.